The Morgan fingerprint density at radius 2 is 2.09 bits per heavy atom. The van der Waals surface area contributed by atoms with Gasteiger partial charge in [0.2, 0.25) is 5.95 Å². The van der Waals surface area contributed by atoms with Gasteiger partial charge in [-0.2, -0.15) is 23.3 Å². The first-order chi connectivity index (χ1) is 15.7. The number of fused-ring (bicyclic) bond motifs is 2. The van der Waals surface area contributed by atoms with Crippen LogP contribution >= 0.6 is 0 Å². The number of halogens is 3. The fourth-order valence-electron chi connectivity index (χ4n) is 3.41. The van der Waals surface area contributed by atoms with E-state index in [-0.39, 0.29) is 11.6 Å². The topological polar surface area (TPSA) is 109 Å². The van der Waals surface area contributed by atoms with E-state index in [9.17, 15) is 18.0 Å². The van der Waals surface area contributed by atoms with Crippen molar-refractivity contribution < 1.29 is 22.7 Å². The van der Waals surface area contributed by atoms with E-state index in [0.717, 1.165) is 23.4 Å². The van der Waals surface area contributed by atoms with Crippen molar-refractivity contribution in [3.8, 4) is 11.1 Å². The van der Waals surface area contributed by atoms with Crippen LogP contribution in [0.15, 0.2) is 36.9 Å². The molecule has 4 aromatic heterocycles. The molecule has 2 unspecified atom stereocenters. The van der Waals surface area contributed by atoms with Crippen LogP contribution in [0.3, 0.4) is 0 Å². The zero-order valence-corrected chi connectivity index (χ0v) is 18.1. The lowest BCUT2D eigenvalue weighted by Crippen LogP contribution is -2.43. The summed E-state index contributed by atoms with van der Waals surface area (Å²) < 4.78 is 45.0. The maximum Gasteiger partial charge on any atom is 0.408 e. The summed E-state index contributed by atoms with van der Waals surface area (Å²) in [7, 11) is 1.61. The monoisotopic (exact) mass is 461 g/mol. The van der Waals surface area contributed by atoms with Crippen LogP contribution in [0.4, 0.5) is 19.1 Å². The average Bonchev–Trinajstić information content (AvgIpc) is 3.36. The Labute approximate surface area is 186 Å². The third-order valence-electron chi connectivity index (χ3n) is 5.14. The Morgan fingerprint density at radius 1 is 1.30 bits per heavy atom. The molecular weight excluding hydrogens is 439 g/mol. The van der Waals surface area contributed by atoms with Crippen molar-refractivity contribution in [3.05, 3.63) is 42.5 Å². The number of pyridine rings is 1. The number of hydrogen-bond acceptors (Lipinski definition) is 6. The van der Waals surface area contributed by atoms with E-state index in [0.29, 0.717) is 23.7 Å². The first-order valence-corrected chi connectivity index (χ1v) is 10.1. The smallest absolute Gasteiger partial charge is 0.383 e. The van der Waals surface area contributed by atoms with Gasteiger partial charge in [0.25, 0.3) is 5.91 Å². The van der Waals surface area contributed by atoms with E-state index >= 15 is 0 Å². The number of nitrogens with one attached hydrogen (secondary N) is 3. The average molecular weight is 461 g/mol. The van der Waals surface area contributed by atoms with Crippen molar-refractivity contribution in [2.24, 2.45) is 0 Å². The van der Waals surface area contributed by atoms with Crippen LogP contribution in [0.1, 0.15) is 24.2 Å². The highest BCUT2D eigenvalue weighted by molar-refractivity contribution is 6.02. The number of aromatic nitrogens is 5. The van der Waals surface area contributed by atoms with Gasteiger partial charge < -0.3 is 20.4 Å². The Kier molecular flexibility index (Phi) is 5.93. The standard InChI is InChI=1S/C21H22F3N7O2/c1-11(10-33-3)28-20-26-8-15-14(7-25-18(15)30-20)13-4-5-31-17(6-13)16(9-27-31)19(32)29-12(2)21(22,23)24/h4-9,11-12H,10H2,1-3H3,(H,29,32)(H2,25,26,28,30). The molecule has 0 aliphatic carbocycles. The van der Waals surface area contributed by atoms with Gasteiger partial charge in [0, 0.05) is 42.7 Å². The predicted molar refractivity (Wildman–Crippen MR) is 116 cm³/mol. The Bertz CT molecular complexity index is 1300. The van der Waals surface area contributed by atoms with Crippen molar-refractivity contribution in [2.75, 3.05) is 19.0 Å². The summed E-state index contributed by atoms with van der Waals surface area (Å²) in [4.78, 5) is 24.4. The summed E-state index contributed by atoms with van der Waals surface area (Å²) in [5.41, 5.74) is 2.53. The SMILES string of the molecule is COCC(C)Nc1ncc2c(-c3ccn4ncc(C(=O)NC(C)C(F)(F)F)c4c3)c[nH]c2n1. The number of rotatable bonds is 7. The maximum atomic E-state index is 12.8. The minimum absolute atomic E-state index is 0.0239. The number of aromatic amines is 1. The van der Waals surface area contributed by atoms with Crippen molar-refractivity contribution in [3.63, 3.8) is 0 Å². The van der Waals surface area contributed by atoms with Gasteiger partial charge >= 0.3 is 6.18 Å². The van der Waals surface area contributed by atoms with E-state index in [4.69, 9.17) is 4.74 Å². The Morgan fingerprint density at radius 3 is 2.82 bits per heavy atom. The van der Waals surface area contributed by atoms with Crippen LogP contribution < -0.4 is 10.6 Å². The third-order valence-corrected chi connectivity index (χ3v) is 5.14. The quantitative estimate of drug-likeness (QED) is 0.389. The van der Waals surface area contributed by atoms with Gasteiger partial charge in [-0.15, -0.1) is 0 Å². The molecule has 33 heavy (non-hydrogen) atoms. The van der Waals surface area contributed by atoms with Gasteiger partial charge in [0.1, 0.15) is 11.7 Å². The summed E-state index contributed by atoms with van der Waals surface area (Å²) in [5, 5.41) is 9.94. The van der Waals surface area contributed by atoms with Gasteiger partial charge in [-0.05, 0) is 31.5 Å². The van der Waals surface area contributed by atoms with Gasteiger partial charge in [-0.3, -0.25) is 4.79 Å². The molecule has 0 aromatic carbocycles. The Balaban J connectivity index is 1.65. The second kappa shape index (κ2) is 8.70. The van der Waals surface area contributed by atoms with Crippen molar-refractivity contribution >= 4 is 28.4 Å². The highest BCUT2D eigenvalue weighted by Gasteiger charge is 2.37. The molecular formula is C21H22F3N7O2. The summed E-state index contributed by atoms with van der Waals surface area (Å²) in [6.07, 6.45) is 1.78. The van der Waals surface area contributed by atoms with E-state index < -0.39 is 18.1 Å². The molecule has 1 amide bonds. The van der Waals surface area contributed by atoms with Crippen LogP contribution in [-0.2, 0) is 4.74 Å². The van der Waals surface area contributed by atoms with Gasteiger partial charge in [0.15, 0.2) is 0 Å². The van der Waals surface area contributed by atoms with Crippen molar-refractivity contribution in [1.29, 1.82) is 0 Å². The first-order valence-electron chi connectivity index (χ1n) is 10.1. The number of ether oxygens (including phenoxy) is 1. The minimum atomic E-state index is -4.54. The number of carbonyl (C=O) groups excluding carboxylic acids is 1. The third kappa shape index (κ3) is 4.60. The van der Waals surface area contributed by atoms with E-state index in [1.165, 1.54) is 10.7 Å². The second-order valence-electron chi connectivity index (χ2n) is 7.70. The molecule has 174 valence electrons. The van der Waals surface area contributed by atoms with Crippen LogP contribution in [0.2, 0.25) is 0 Å². The zero-order chi connectivity index (χ0) is 23.8. The summed E-state index contributed by atoms with van der Waals surface area (Å²) >= 11 is 0. The molecule has 2 atom stereocenters. The van der Waals surface area contributed by atoms with Crippen molar-refractivity contribution in [2.45, 2.75) is 32.1 Å². The molecule has 0 aliphatic rings. The lowest BCUT2D eigenvalue weighted by Gasteiger charge is -2.16. The molecule has 4 aromatic rings. The molecule has 9 nitrogen and oxygen atoms in total. The van der Waals surface area contributed by atoms with Crippen molar-refractivity contribution in [1.82, 2.24) is 29.9 Å². The molecule has 4 rings (SSSR count). The summed E-state index contributed by atoms with van der Waals surface area (Å²) in [6.45, 7) is 3.33. The molecule has 0 aliphatic heterocycles. The minimum Gasteiger partial charge on any atom is -0.383 e. The highest BCUT2D eigenvalue weighted by Crippen LogP contribution is 2.29. The molecule has 0 radical (unpaired) electrons. The van der Waals surface area contributed by atoms with E-state index in [1.807, 2.05) is 12.2 Å². The van der Waals surface area contributed by atoms with E-state index in [1.54, 1.807) is 37.8 Å². The summed E-state index contributed by atoms with van der Waals surface area (Å²) in [6, 6.07) is 1.52. The molecule has 0 fully saturated rings. The molecule has 3 N–H and O–H groups in total. The molecule has 0 bridgehead atoms. The molecule has 4 heterocycles. The number of amides is 1. The molecule has 0 saturated heterocycles. The summed E-state index contributed by atoms with van der Waals surface area (Å²) in [5.74, 6) is -0.403. The Hall–Kier alpha value is -3.67. The van der Waals surface area contributed by atoms with Crippen LogP contribution in [0, 0.1) is 0 Å². The first kappa shape index (κ1) is 22.5. The number of carbonyl (C=O) groups is 1. The number of alkyl halides is 3. The number of hydrogen-bond donors (Lipinski definition) is 3. The maximum absolute atomic E-state index is 12.8. The normalized spacial score (nSPS) is 13.9. The highest BCUT2D eigenvalue weighted by atomic mass is 19.4. The second-order valence-corrected chi connectivity index (χ2v) is 7.70. The number of H-pyrrole nitrogens is 1. The largest absolute Gasteiger partial charge is 0.408 e. The number of nitrogens with zero attached hydrogens (tertiary/aromatic N) is 4. The van der Waals surface area contributed by atoms with E-state index in [2.05, 4.69) is 25.4 Å². The van der Waals surface area contributed by atoms with Crippen LogP contribution in [0.25, 0.3) is 27.7 Å². The van der Waals surface area contributed by atoms with Crippen LogP contribution in [0.5, 0.6) is 0 Å². The predicted octanol–water partition coefficient (Wildman–Crippen LogP) is 3.40. The number of anilines is 1. The lowest BCUT2D eigenvalue weighted by atomic mass is 10.1. The lowest BCUT2D eigenvalue weighted by molar-refractivity contribution is -0.149. The fourth-order valence-corrected chi connectivity index (χ4v) is 3.41. The van der Waals surface area contributed by atoms with Gasteiger partial charge in [-0.25, -0.2) is 9.50 Å². The fraction of sp³-hybridized carbons (Fsp3) is 0.333. The number of methoxy groups -OCH3 is 1. The zero-order valence-electron chi connectivity index (χ0n) is 18.1. The molecule has 0 spiro atoms. The van der Waals surface area contributed by atoms with Gasteiger partial charge in [0.05, 0.1) is 23.9 Å². The molecule has 12 heteroatoms. The van der Waals surface area contributed by atoms with Crippen LogP contribution in [-0.4, -0.2) is 62.4 Å². The van der Waals surface area contributed by atoms with Gasteiger partial charge in [-0.1, -0.05) is 0 Å². The molecule has 0 saturated carbocycles.